The van der Waals surface area contributed by atoms with Crippen LogP contribution in [0.4, 0.5) is 0 Å². The lowest BCUT2D eigenvalue weighted by Gasteiger charge is -2.10. The summed E-state index contributed by atoms with van der Waals surface area (Å²) in [6, 6.07) is 15.7. The predicted octanol–water partition coefficient (Wildman–Crippen LogP) is 3.94. The molecule has 0 fully saturated rings. The van der Waals surface area contributed by atoms with Crippen LogP contribution in [0, 0.1) is 0 Å². The first kappa shape index (κ1) is 14.7. The molecule has 0 saturated heterocycles. The zero-order chi connectivity index (χ0) is 15.4. The number of nitrogens with zero attached hydrogens (tertiary/aromatic N) is 2. The van der Waals surface area contributed by atoms with Gasteiger partial charge in [-0.25, -0.2) is 4.98 Å². The van der Waals surface area contributed by atoms with Gasteiger partial charge < -0.3 is 9.47 Å². The fourth-order valence-electron chi connectivity index (χ4n) is 2.14. The van der Waals surface area contributed by atoms with Crippen molar-refractivity contribution in [1.82, 2.24) is 9.97 Å². The standard InChI is InChI=1S/C17H16N2O2S/c1-20-13-7-5-6-12(10-13)11-21-16-14-8-3-4-9-15(14)18-17(19-16)22-2/h3-10H,11H2,1-2H3. The molecule has 0 N–H and O–H groups in total. The second kappa shape index (κ2) is 6.66. The van der Waals surface area contributed by atoms with Crippen molar-refractivity contribution in [2.75, 3.05) is 13.4 Å². The van der Waals surface area contributed by atoms with Gasteiger partial charge in [0.1, 0.15) is 12.4 Å². The maximum atomic E-state index is 5.93. The summed E-state index contributed by atoms with van der Waals surface area (Å²) in [5.74, 6) is 1.43. The van der Waals surface area contributed by atoms with Crippen LogP contribution in [-0.4, -0.2) is 23.3 Å². The lowest BCUT2D eigenvalue weighted by molar-refractivity contribution is 0.294. The molecule has 0 unspecified atom stereocenters. The highest BCUT2D eigenvalue weighted by Crippen LogP contribution is 2.26. The van der Waals surface area contributed by atoms with Gasteiger partial charge in [0.05, 0.1) is 18.0 Å². The monoisotopic (exact) mass is 312 g/mol. The van der Waals surface area contributed by atoms with E-state index in [0.29, 0.717) is 17.6 Å². The normalized spacial score (nSPS) is 10.6. The number of ether oxygens (including phenoxy) is 2. The van der Waals surface area contributed by atoms with Crippen LogP contribution in [0.1, 0.15) is 5.56 Å². The second-order valence-corrected chi connectivity index (χ2v) is 5.45. The van der Waals surface area contributed by atoms with Crippen molar-refractivity contribution in [3.8, 4) is 11.6 Å². The van der Waals surface area contributed by atoms with Crippen LogP contribution in [0.5, 0.6) is 11.6 Å². The second-order valence-electron chi connectivity index (χ2n) is 4.67. The van der Waals surface area contributed by atoms with E-state index < -0.39 is 0 Å². The smallest absolute Gasteiger partial charge is 0.225 e. The summed E-state index contributed by atoms with van der Waals surface area (Å²) >= 11 is 1.50. The number of thioether (sulfide) groups is 1. The van der Waals surface area contributed by atoms with Crippen molar-refractivity contribution in [2.24, 2.45) is 0 Å². The molecule has 5 heteroatoms. The molecule has 0 aliphatic heterocycles. The molecule has 0 spiro atoms. The largest absolute Gasteiger partial charge is 0.497 e. The minimum atomic E-state index is 0.437. The van der Waals surface area contributed by atoms with Crippen molar-refractivity contribution < 1.29 is 9.47 Å². The molecule has 0 atom stereocenters. The molecule has 0 amide bonds. The Morgan fingerprint density at radius 1 is 1.05 bits per heavy atom. The zero-order valence-corrected chi connectivity index (χ0v) is 13.3. The molecule has 0 bridgehead atoms. The topological polar surface area (TPSA) is 44.2 Å². The highest BCUT2D eigenvalue weighted by molar-refractivity contribution is 7.98. The molecule has 1 aromatic heterocycles. The van der Waals surface area contributed by atoms with E-state index in [9.17, 15) is 0 Å². The average Bonchev–Trinajstić information content (AvgIpc) is 2.59. The molecule has 0 aliphatic carbocycles. The van der Waals surface area contributed by atoms with E-state index in [4.69, 9.17) is 9.47 Å². The fourth-order valence-corrected chi connectivity index (χ4v) is 2.51. The molecule has 0 aliphatic rings. The van der Waals surface area contributed by atoms with E-state index in [0.717, 1.165) is 22.2 Å². The number of aromatic nitrogens is 2. The van der Waals surface area contributed by atoms with Crippen molar-refractivity contribution in [3.63, 3.8) is 0 Å². The number of hydrogen-bond acceptors (Lipinski definition) is 5. The Kier molecular flexibility index (Phi) is 4.44. The Hall–Kier alpha value is -2.27. The maximum Gasteiger partial charge on any atom is 0.225 e. The van der Waals surface area contributed by atoms with Crippen LogP contribution >= 0.6 is 11.8 Å². The van der Waals surface area contributed by atoms with E-state index in [1.54, 1.807) is 7.11 Å². The Morgan fingerprint density at radius 3 is 2.73 bits per heavy atom. The number of fused-ring (bicyclic) bond motifs is 1. The van der Waals surface area contributed by atoms with Crippen molar-refractivity contribution in [1.29, 1.82) is 0 Å². The third-order valence-corrected chi connectivity index (χ3v) is 3.79. The zero-order valence-electron chi connectivity index (χ0n) is 12.4. The summed E-state index contributed by atoms with van der Waals surface area (Å²) in [5, 5.41) is 1.63. The van der Waals surface area contributed by atoms with Gasteiger partial charge in [-0.15, -0.1) is 0 Å². The van der Waals surface area contributed by atoms with E-state index in [1.807, 2.05) is 54.8 Å². The van der Waals surface area contributed by atoms with Crippen molar-refractivity contribution >= 4 is 22.7 Å². The van der Waals surface area contributed by atoms with Crippen LogP contribution < -0.4 is 9.47 Å². The number of rotatable bonds is 5. The number of para-hydroxylation sites is 1. The Morgan fingerprint density at radius 2 is 1.91 bits per heavy atom. The van der Waals surface area contributed by atoms with Crippen molar-refractivity contribution in [3.05, 3.63) is 54.1 Å². The highest BCUT2D eigenvalue weighted by atomic mass is 32.2. The van der Waals surface area contributed by atoms with Crippen LogP contribution in [0.3, 0.4) is 0 Å². The summed E-state index contributed by atoms with van der Waals surface area (Å²) in [6.07, 6.45) is 1.95. The van der Waals surface area contributed by atoms with Crippen LogP contribution in [0.25, 0.3) is 10.9 Å². The van der Waals surface area contributed by atoms with Gasteiger partial charge in [0.15, 0.2) is 5.16 Å². The average molecular weight is 312 g/mol. The molecule has 4 nitrogen and oxygen atoms in total. The van der Waals surface area contributed by atoms with Gasteiger partial charge >= 0.3 is 0 Å². The fraction of sp³-hybridized carbons (Fsp3) is 0.176. The highest BCUT2D eigenvalue weighted by Gasteiger charge is 2.08. The lowest BCUT2D eigenvalue weighted by Crippen LogP contribution is -2.00. The Labute approximate surface area is 133 Å². The third kappa shape index (κ3) is 3.14. The van der Waals surface area contributed by atoms with Crippen LogP contribution in [0.2, 0.25) is 0 Å². The van der Waals surface area contributed by atoms with Crippen LogP contribution in [-0.2, 0) is 6.61 Å². The first-order valence-electron chi connectivity index (χ1n) is 6.86. The summed E-state index contributed by atoms with van der Waals surface area (Å²) in [6.45, 7) is 0.437. The molecule has 3 rings (SSSR count). The Bertz CT molecular complexity index is 792. The molecular formula is C17H16N2O2S. The van der Waals surface area contributed by atoms with E-state index in [1.165, 1.54) is 11.8 Å². The van der Waals surface area contributed by atoms with Gasteiger partial charge in [-0.3, -0.25) is 0 Å². The number of methoxy groups -OCH3 is 1. The van der Waals surface area contributed by atoms with E-state index in [-0.39, 0.29) is 0 Å². The first-order valence-corrected chi connectivity index (χ1v) is 8.09. The van der Waals surface area contributed by atoms with E-state index in [2.05, 4.69) is 9.97 Å². The van der Waals surface area contributed by atoms with Crippen LogP contribution in [0.15, 0.2) is 53.7 Å². The molecule has 22 heavy (non-hydrogen) atoms. The molecule has 1 heterocycles. The number of hydrogen-bond donors (Lipinski definition) is 0. The van der Waals surface area contributed by atoms with Gasteiger partial charge in [0.25, 0.3) is 0 Å². The minimum Gasteiger partial charge on any atom is -0.497 e. The SMILES string of the molecule is COc1cccc(COc2nc(SC)nc3ccccc23)c1. The summed E-state index contributed by atoms with van der Waals surface area (Å²) < 4.78 is 11.2. The minimum absolute atomic E-state index is 0.437. The number of benzene rings is 2. The van der Waals surface area contributed by atoms with Gasteiger partial charge in [-0.2, -0.15) is 4.98 Å². The third-order valence-electron chi connectivity index (χ3n) is 3.24. The summed E-state index contributed by atoms with van der Waals surface area (Å²) in [5.41, 5.74) is 1.93. The van der Waals surface area contributed by atoms with E-state index >= 15 is 0 Å². The van der Waals surface area contributed by atoms with Gasteiger partial charge in [-0.1, -0.05) is 36.0 Å². The van der Waals surface area contributed by atoms with Gasteiger partial charge in [-0.05, 0) is 36.1 Å². The molecule has 0 radical (unpaired) electrons. The molecular weight excluding hydrogens is 296 g/mol. The molecule has 0 saturated carbocycles. The lowest BCUT2D eigenvalue weighted by atomic mass is 10.2. The summed E-state index contributed by atoms with van der Waals surface area (Å²) in [4.78, 5) is 8.96. The summed E-state index contributed by atoms with van der Waals surface area (Å²) in [7, 11) is 1.66. The molecule has 2 aromatic carbocycles. The quantitative estimate of drug-likeness (QED) is 0.527. The van der Waals surface area contributed by atoms with Gasteiger partial charge in [0, 0.05) is 0 Å². The van der Waals surface area contributed by atoms with Crippen molar-refractivity contribution in [2.45, 2.75) is 11.8 Å². The Balaban J connectivity index is 1.89. The first-order chi connectivity index (χ1) is 10.8. The predicted molar refractivity (Wildman–Crippen MR) is 88.6 cm³/mol. The maximum absolute atomic E-state index is 5.93. The van der Waals surface area contributed by atoms with Gasteiger partial charge in [0.2, 0.25) is 5.88 Å². The molecule has 3 aromatic rings. The molecule has 112 valence electrons.